The van der Waals surface area contributed by atoms with Crippen molar-refractivity contribution in [2.24, 2.45) is 5.92 Å². The van der Waals surface area contributed by atoms with Gasteiger partial charge in [-0.1, -0.05) is 6.92 Å². The van der Waals surface area contributed by atoms with Crippen molar-refractivity contribution in [3.8, 4) is 0 Å². The van der Waals surface area contributed by atoms with Crippen LogP contribution < -0.4 is 0 Å². The number of rotatable bonds is 5. The number of hydrogen-bond donors (Lipinski definition) is 1. The minimum atomic E-state index is -0.374. The Morgan fingerprint density at radius 3 is 2.79 bits per heavy atom. The molecular formula is C10H15BrO2S. The third-order valence-electron chi connectivity index (χ3n) is 2.20. The summed E-state index contributed by atoms with van der Waals surface area (Å²) in [5.41, 5.74) is 0. The summed E-state index contributed by atoms with van der Waals surface area (Å²) in [5.74, 6) is 0.237. The fraction of sp³-hybridized carbons (Fsp3) is 0.600. The Morgan fingerprint density at radius 1 is 1.57 bits per heavy atom. The summed E-state index contributed by atoms with van der Waals surface area (Å²) in [6.07, 6.45) is 0.508. The highest BCUT2D eigenvalue weighted by Crippen LogP contribution is 2.32. The first-order chi connectivity index (χ1) is 6.65. The summed E-state index contributed by atoms with van der Waals surface area (Å²) in [5, 5.41) is 9.96. The van der Waals surface area contributed by atoms with Gasteiger partial charge in [0.2, 0.25) is 0 Å². The van der Waals surface area contributed by atoms with E-state index in [1.807, 2.05) is 19.1 Å². The molecule has 1 aromatic rings. The van der Waals surface area contributed by atoms with Crippen molar-refractivity contribution in [3.63, 3.8) is 0 Å². The fourth-order valence-corrected chi connectivity index (χ4v) is 2.77. The van der Waals surface area contributed by atoms with Crippen LogP contribution in [-0.2, 0) is 4.74 Å². The van der Waals surface area contributed by atoms with E-state index in [0.29, 0.717) is 6.61 Å². The number of aliphatic hydroxyl groups excluding tert-OH is 1. The van der Waals surface area contributed by atoms with Gasteiger partial charge in [0.25, 0.3) is 0 Å². The van der Waals surface area contributed by atoms with E-state index in [1.165, 1.54) is 0 Å². The molecule has 4 heteroatoms. The molecule has 0 amide bonds. The van der Waals surface area contributed by atoms with Crippen LogP contribution in [0.3, 0.4) is 0 Å². The summed E-state index contributed by atoms with van der Waals surface area (Å²) < 4.78 is 6.05. The predicted octanol–water partition coefficient (Wildman–Crippen LogP) is 3.22. The van der Waals surface area contributed by atoms with Gasteiger partial charge < -0.3 is 9.84 Å². The minimum absolute atomic E-state index is 0.237. The number of aliphatic hydroxyl groups is 1. The van der Waals surface area contributed by atoms with Crippen LogP contribution in [0.5, 0.6) is 0 Å². The molecule has 1 aromatic heterocycles. The summed E-state index contributed by atoms with van der Waals surface area (Å²) in [6, 6.07) is 3.93. The zero-order chi connectivity index (χ0) is 10.6. The van der Waals surface area contributed by atoms with E-state index in [4.69, 9.17) is 4.74 Å². The summed E-state index contributed by atoms with van der Waals surface area (Å²) in [7, 11) is 1.68. The van der Waals surface area contributed by atoms with Crippen molar-refractivity contribution in [2.45, 2.75) is 19.4 Å². The van der Waals surface area contributed by atoms with E-state index in [9.17, 15) is 5.11 Å². The van der Waals surface area contributed by atoms with Crippen LogP contribution in [0.2, 0.25) is 0 Å². The fourth-order valence-electron chi connectivity index (χ4n) is 1.23. The van der Waals surface area contributed by atoms with Crippen molar-refractivity contribution < 1.29 is 9.84 Å². The second kappa shape index (κ2) is 5.85. The summed E-state index contributed by atoms with van der Waals surface area (Å²) in [6.45, 7) is 2.74. The molecule has 14 heavy (non-hydrogen) atoms. The van der Waals surface area contributed by atoms with Crippen LogP contribution in [-0.4, -0.2) is 18.8 Å². The first-order valence-electron chi connectivity index (χ1n) is 4.57. The molecule has 0 spiro atoms. The van der Waals surface area contributed by atoms with Gasteiger partial charge in [-0.3, -0.25) is 0 Å². The number of methoxy groups -OCH3 is 1. The first kappa shape index (κ1) is 12.2. The average Bonchev–Trinajstić information content (AvgIpc) is 2.60. The highest BCUT2D eigenvalue weighted by atomic mass is 79.9. The lowest BCUT2D eigenvalue weighted by molar-refractivity contribution is 0.0912. The predicted molar refractivity (Wildman–Crippen MR) is 62.6 cm³/mol. The van der Waals surface area contributed by atoms with Crippen LogP contribution in [0.4, 0.5) is 0 Å². The van der Waals surface area contributed by atoms with Crippen molar-refractivity contribution in [1.82, 2.24) is 0 Å². The zero-order valence-corrected chi connectivity index (χ0v) is 10.8. The normalized spacial score (nSPS) is 15.4. The molecule has 2 nitrogen and oxygen atoms in total. The van der Waals surface area contributed by atoms with Gasteiger partial charge in [-0.2, -0.15) is 0 Å². The minimum Gasteiger partial charge on any atom is -0.387 e. The van der Waals surface area contributed by atoms with E-state index in [0.717, 1.165) is 15.1 Å². The third kappa shape index (κ3) is 3.35. The monoisotopic (exact) mass is 278 g/mol. The average molecular weight is 279 g/mol. The van der Waals surface area contributed by atoms with Crippen molar-refractivity contribution >= 4 is 27.3 Å². The lowest BCUT2D eigenvalue weighted by Crippen LogP contribution is -2.10. The Kier molecular flexibility index (Phi) is 5.09. The lowest BCUT2D eigenvalue weighted by atomic mass is 10.0. The topological polar surface area (TPSA) is 29.5 Å². The maximum atomic E-state index is 9.96. The third-order valence-corrected chi connectivity index (χ3v) is 3.90. The Labute approximate surface area is 97.0 Å². The largest absolute Gasteiger partial charge is 0.387 e. The van der Waals surface area contributed by atoms with Crippen LogP contribution in [0, 0.1) is 5.92 Å². The number of thiophene rings is 1. The molecule has 1 heterocycles. The molecule has 0 aliphatic rings. The van der Waals surface area contributed by atoms with Gasteiger partial charge in [0.1, 0.15) is 0 Å². The van der Waals surface area contributed by atoms with Gasteiger partial charge in [-0.05, 0) is 40.4 Å². The van der Waals surface area contributed by atoms with Crippen molar-refractivity contribution in [3.05, 3.63) is 20.8 Å². The van der Waals surface area contributed by atoms with Gasteiger partial charge in [0.15, 0.2) is 0 Å². The molecule has 1 rings (SSSR count). The van der Waals surface area contributed by atoms with E-state index < -0.39 is 0 Å². The van der Waals surface area contributed by atoms with Gasteiger partial charge in [-0.25, -0.2) is 0 Å². The molecule has 1 N–H and O–H groups in total. The molecule has 2 unspecified atom stereocenters. The highest BCUT2D eigenvalue weighted by Gasteiger charge is 2.17. The van der Waals surface area contributed by atoms with Crippen molar-refractivity contribution in [1.29, 1.82) is 0 Å². The van der Waals surface area contributed by atoms with E-state index in [1.54, 1.807) is 18.4 Å². The molecule has 0 saturated carbocycles. The Morgan fingerprint density at radius 2 is 2.29 bits per heavy atom. The van der Waals surface area contributed by atoms with Gasteiger partial charge >= 0.3 is 0 Å². The Hall–Kier alpha value is 0.1000. The van der Waals surface area contributed by atoms with E-state index >= 15 is 0 Å². The molecule has 0 saturated heterocycles. The van der Waals surface area contributed by atoms with Crippen LogP contribution in [0.1, 0.15) is 24.3 Å². The number of ether oxygens (including phenoxy) is 1. The van der Waals surface area contributed by atoms with Gasteiger partial charge in [0, 0.05) is 18.6 Å². The SMILES string of the molecule is COCCC(C)C(O)c1ccc(Br)s1. The Bertz CT molecular complexity index is 275. The van der Waals surface area contributed by atoms with E-state index in [-0.39, 0.29) is 12.0 Å². The van der Waals surface area contributed by atoms with Crippen LogP contribution in [0.15, 0.2) is 15.9 Å². The summed E-state index contributed by atoms with van der Waals surface area (Å²) in [4.78, 5) is 1.01. The Balaban J connectivity index is 2.51. The maximum Gasteiger partial charge on any atom is 0.0908 e. The van der Waals surface area contributed by atoms with Crippen LogP contribution in [0.25, 0.3) is 0 Å². The molecule has 80 valence electrons. The molecule has 0 radical (unpaired) electrons. The molecule has 2 atom stereocenters. The maximum absolute atomic E-state index is 9.96. The molecule has 0 aliphatic carbocycles. The smallest absolute Gasteiger partial charge is 0.0908 e. The molecule has 0 fully saturated rings. The number of hydrogen-bond acceptors (Lipinski definition) is 3. The second-order valence-electron chi connectivity index (χ2n) is 3.35. The molecule has 0 aromatic carbocycles. The first-order valence-corrected chi connectivity index (χ1v) is 6.18. The molecule has 0 aliphatic heterocycles. The van der Waals surface area contributed by atoms with E-state index in [2.05, 4.69) is 15.9 Å². The standard InChI is InChI=1S/C10H15BrO2S/c1-7(5-6-13-2)10(12)8-3-4-9(11)14-8/h3-4,7,10,12H,5-6H2,1-2H3. The lowest BCUT2D eigenvalue weighted by Gasteiger charge is -2.16. The van der Waals surface area contributed by atoms with Crippen LogP contribution >= 0.6 is 27.3 Å². The second-order valence-corrected chi connectivity index (χ2v) is 5.84. The zero-order valence-electron chi connectivity index (χ0n) is 8.37. The quantitative estimate of drug-likeness (QED) is 0.896. The summed E-state index contributed by atoms with van der Waals surface area (Å²) >= 11 is 4.97. The van der Waals surface area contributed by atoms with Gasteiger partial charge in [0.05, 0.1) is 9.89 Å². The molecular weight excluding hydrogens is 264 g/mol. The molecule has 0 bridgehead atoms. The number of halogens is 1. The highest BCUT2D eigenvalue weighted by molar-refractivity contribution is 9.11. The van der Waals surface area contributed by atoms with Gasteiger partial charge in [-0.15, -0.1) is 11.3 Å². The van der Waals surface area contributed by atoms with Crippen molar-refractivity contribution in [2.75, 3.05) is 13.7 Å².